The number of carbonyl (C=O) groups excluding carboxylic acids is 1. The first kappa shape index (κ1) is 16.8. The Labute approximate surface area is 119 Å². The minimum Gasteiger partial charge on any atom is -0.282 e. The molecule has 0 saturated carbocycles. The standard InChI is InChI=1S/C6H6O3S.C4H8NO.Na/c7-10(8,9)6-4-2-1-3-5-6;1-5(2)3-4-6;/h1-5H,(H,7,8,9);3H2,1-2H3;. The van der Waals surface area contributed by atoms with Crippen molar-refractivity contribution in [2.24, 2.45) is 0 Å². The maximum Gasteiger partial charge on any atom is 0.294 e. The van der Waals surface area contributed by atoms with Gasteiger partial charge in [-0.3, -0.25) is 4.55 Å². The van der Waals surface area contributed by atoms with Crippen LogP contribution >= 0.6 is 0 Å². The van der Waals surface area contributed by atoms with E-state index in [0.29, 0.717) is 37.5 Å². The van der Waals surface area contributed by atoms with Crippen molar-refractivity contribution in [3.63, 3.8) is 0 Å². The van der Waals surface area contributed by atoms with Crippen molar-refractivity contribution < 1.29 is 17.8 Å². The molecule has 0 bridgehead atoms. The van der Waals surface area contributed by atoms with E-state index >= 15 is 0 Å². The zero-order valence-corrected chi connectivity index (χ0v) is 12.9. The molecule has 90 valence electrons. The summed E-state index contributed by atoms with van der Waals surface area (Å²) < 4.78 is 29.6. The Bertz CT molecular complexity index is 445. The third-order valence-electron chi connectivity index (χ3n) is 1.58. The van der Waals surface area contributed by atoms with E-state index < -0.39 is 10.1 Å². The Balaban J connectivity index is 0.000000325. The van der Waals surface area contributed by atoms with Crippen LogP contribution in [0.1, 0.15) is 0 Å². The van der Waals surface area contributed by atoms with Gasteiger partial charge in [0.25, 0.3) is 10.1 Å². The predicted octanol–water partition coefficient (Wildman–Crippen LogP) is 0.176. The van der Waals surface area contributed by atoms with Crippen molar-refractivity contribution in [1.29, 1.82) is 0 Å². The minimum atomic E-state index is -4.00. The molecule has 1 N–H and O–H groups in total. The van der Waals surface area contributed by atoms with Gasteiger partial charge in [-0.25, -0.2) is 0 Å². The fourth-order valence-electron chi connectivity index (χ4n) is 1.04. The van der Waals surface area contributed by atoms with E-state index in [9.17, 15) is 13.2 Å². The van der Waals surface area contributed by atoms with Gasteiger partial charge >= 0.3 is 61.3 Å². The first-order valence-corrected chi connectivity index (χ1v) is 7.34. The Hall–Kier alpha value is -0.240. The molecule has 1 rings (SSSR count). The van der Waals surface area contributed by atoms with Crippen LogP contribution < -0.4 is 0 Å². The number of benzene rings is 1. The Morgan fingerprint density at radius 2 is 1.76 bits per heavy atom. The second kappa shape index (κ2) is 7.97. The summed E-state index contributed by atoms with van der Waals surface area (Å²) in [6.07, 6.45) is 0. The molecule has 0 spiro atoms. The first-order chi connectivity index (χ1) is 7.73. The van der Waals surface area contributed by atoms with Crippen molar-refractivity contribution in [3.05, 3.63) is 30.3 Å². The van der Waals surface area contributed by atoms with Crippen molar-refractivity contribution in [3.8, 4) is 0 Å². The van der Waals surface area contributed by atoms with Crippen LogP contribution in [-0.2, 0) is 14.9 Å². The van der Waals surface area contributed by atoms with Gasteiger partial charge in [-0.05, 0) is 12.1 Å². The van der Waals surface area contributed by atoms with Crippen LogP contribution in [0.15, 0.2) is 35.2 Å². The monoisotopic (exact) mass is 267 g/mol. The maximum absolute atomic E-state index is 10.4. The predicted molar refractivity (Wildman–Crippen MR) is 65.6 cm³/mol. The molecule has 1 aromatic rings. The van der Waals surface area contributed by atoms with Gasteiger partial charge in [0.05, 0.1) is 4.90 Å². The van der Waals surface area contributed by atoms with E-state index in [4.69, 9.17) is 4.55 Å². The van der Waals surface area contributed by atoms with E-state index in [2.05, 4.69) is 0 Å². The van der Waals surface area contributed by atoms with Crippen molar-refractivity contribution >= 4 is 41.1 Å². The van der Waals surface area contributed by atoms with E-state index in [0.717, 1.165) is 0 Å². The molecule has 0 atom stereocenters. The summed E-state index contributed by atoms with van der Waals surface area (Å²) in [5, 5.41) is 0. The summed E-state index contributed by atoms with van der Waals surface area (Å²) >= 11 is 0.686. The molecule has 0 saturated heterocycles. The molecule has 0 aliphatic heterocycles. The van der Waals surface area contributed by atoms with Gasteiger partial charge in [0.2, 0.25) is 0 Å². The quantitative estimate of drug-likeness (QED) is 0.624. The number of rotatable bonds is 3. The van der Waals surface area contributed by atoms with Crippen molar-refractivity contribution in [2.45, 2.75) is 4.90 Å². The fraction of sp³-hybridized carbons (Fsp3) is 0.300. The number of hydrogen-bond acceptors (Lipinski definition) is 4. The van der Waals surface area contributed by atoms with Crippen LogP contribution in [0.25, 0.3) is 0 Å². The van der Waals surface area contributed by atoms with Gasteiger partial charge in [-0.15, -0.1) is 0 Å². The van der Waals surface area contributed by atoms with Gasteiger partial charge < -0.3 is 0 Å². The second-order valence-electron chi connectivity index (χ2n) is 3.73. The number of likely N-dealkylation sites (N-methyl/N-ethyl adjacent to an activating group) is 1. The third-order valence-corrected chi connectivity index (χ3v) is 2.76. The zero-order valence-electron chi connectivity index (χ0n) is 10.1. The van der Waals surface area contributed by atoms with Gasteiger partial charge in [0.15, 0.2) is 0 Å². The Kier molecular flexibility index (Phi) is 7.85. The van der Waals surface area contributed by atoms with Crippen LogP contribution in [0.4, 0.5) is 0 Å². The molecule has 0 aliphatic carbocycles. The van der Waals surface area contributed by atoms with Gasteiger partial charge in [-0.2, -0.15) is 8.42 Å². The number of nitrogens with zero attached hydrogens (tertiary/aromatic N) is 1. The maximum atomic E-state index is 10.4. The summed E-state index contributed by atoms with van der Waals surface area (Å²) in [6, 6.07) is 7.42. The first-order valence-electron chi connectivity index (χ1n) is 4.90. The van der Waals surface area contributed by atoms with Crippen LogP contribution in [0.2, 0.25) is 0 Å². The van der Waals surface area contributed by atoms with E-state index in [1.165, 1.54) is 12.1 Å². The molecule has 0 radical (unpaired) electrons. The third kappa shape index (κ3) is 9.46. The van der Waals surface area contributed by atoms with Gasteiger partial charge in [-0.1, -0.05) is 18.2 Å². The van der Waals surface area contributed by atoms with E-state index in [1.54, 1.807) is 18.2 Å². The summed E-state index contributed by atoms with van der Waals surface area (Å²) in [5.41, 5.74) is 0. The summed E-state index contributed by atoms with van der Waals surface area (Å²) in [6.45, 7) is 0.617. The van der Waals surface area contributed by atoms with Crippen LogP contribution in [0.5, 0.6) is 0 Å². The molecule has 0 aliphatic rings. The van der Waals surface area contributed by atoms with Crippen molar-refractivity contribution in [1.82, 2.24) is 4.90 Å². The minimum absolute atomic E-state index is 0.0741. The summed E-state index contributed by atoms with van der Waals surface area (Å²) in [4.78, 5) is 12.1. The molecule has 5 nitrogen and oxygen atoms in total. The Morgan fingerprint density at radius 1 is 1.29 bits per heavy atom. The SMILES string of the molecule is CN(C)C[C](=O)[Na].O=S(=O)(O)c1ccccc1. The van der Waals surface area contributed by atoms with Gasteiger partial charge in [0.1, 0.15) is 0 Å². The summed E-state index contributed by atoms with van der Waals surface area (Å²) in [5.74, 6) is 0. The smallest absolute Gasteiger partial charge is 0.282 e. The topological polar surface area (TPSA) is 74.7 Å². The fourth-order valence-corrected chi connectivity index (χ4v) is 2.17. The normalized spacial score (nSPS) is 10.7. The molecule has 0 fully saturated rings. The van der Waals surface area contributed by atoms with Crippen molar-refractivity contribution in [2.75, 3.05) is 20.6 Å². The average molecular weight is 267 g/mol. The molecule has 1 aromatic carbocycles. The number of hydrogen-bond donors (Lipinski definition) is 1. The zero-order chi connectivity index (χ0) is 13.5. The van der Waals surface area contributed by atoms with Crippen LogP contribution in [-0.4, -0.2) is 69.5 Å². The largest absolute Gasteiger partial charge is 0.294 e. The molecule has 17 heavy (non-hydrogen) atoms. The average Bonchev–Trinajstić information content (AvgIpc) is 2.16. The van der Waals surface area contributed by atoms with E-state index in [-0.39, 0.29) is 4.90 Å². The summed E-state index contributed by atoms with van der Waals surface area (Å²) in [7, 11) is -0.206. The molecule has 0 aromatic heterocycles. The molecular weight excluding hydrogens is 253 g/mol. The molecular formula is C10H14NNaO4S. The molecule has 0 amide bonds. The molecule has 0 unspecified atom stereocenters. The van der Waals surface area contributed by atoms with Crippen LogP contribution in [0, 0.1) is 0 Å². The number of carbonyl (C=O) groups is 1. The van der Waals surface area contributed by atoms with E-state index in [1.807, 2.05) is 19.0 Å². The molecule has 0 heterocycles. The second-order valence-corrected chi connectivity index (χ2v) is 6.26. The molecule has 7 heteroatoms. The Morgan fingerprint density at radius 3 is 1.94 bits per heavy atom. The van der Waals surface area contributed by atoms with Gasteiger partial charge in [0, 0.05) is 0 Å². The van der Waals surface area contributed by atoms with Crippen LogP contribution in [0.3, 0.4) is 0 Å².